The molecule has 0 saturated heterocycles. The highest BCUT2D eigenvalue weighted by molar-refractivity contribution is 7.16. The van der Waals surface area contributed by atoms with Crippen LogP contribution in [0.3, 0.4) is 0 Å². The van der Waals surface area contributed by atoms with Crippen molar-refractivity contribution in [3.63, 3.8) is 0 Å². The van der Waals surface area contributed by atoms with E-state index in [0.29, 0.717) is 0 Å². The standard InChI is InChI=1S/C13H20N2O2S/c1-9-5-6-11(18-9)15-12(17)14-10-4-3-7-13(10,2)8-16/h5-6,10,16H,3-4,7-8H2,1-2H3,(H2,14,15,17). The van der Waals surface area contributed by atoms with Crippen molar-refractivity contribution in [1.82, 2.24) is 5.32 Å². The SMILES string of the molecule is Cc1ccc(NC(=O)NC2CCCC2(C)CO)s1. The van der Waals surface area contributed by atoms with E-state index in [1.54, 1.807) is 11.3 Å². The molecule has 100 valence electrons. The summed E-state index contributed by atoms with van der Waals surface area (Å²) in [5, 5.41) is 16.1. The third-order valence-electron chi connectivity index (χ3n) is 3.73. The number of thiophene rings is 1. The number of hydrogen-bond donors (Lipinski definition) is 3. The Morgan fingerprint density at radius 3 is 3.00 bits per heavy atom. The lowest BCUT2D eigenvalue weighted by Gasteiger charge is -2.29. The number of aliphatic hydroxyl groups is 1. The molecular weight excluding hydrogens is 248 g/mol. The van der Waals surface area contributed by atoms with E-state index in [1.165, 1.54) is 4.88 Å². The maximum Gasteiger partial charge on any atom is 0.320 e. The molecule has 0 aromatic carbocycles. The van der Waals surface area contributed by atoms with Crippen LogP contribution in [0.1, 0.15) is 31.1 Å². The molecule has 2 unspecified atom stereocenters. The Hall–Kier alpha value is -1.07. The van der Waals surface area contributed by atoms with Gasteiger partial charge >= 0.3 is 6.03 Å². The Kier molecular flexibility index (Phi) is 3.92. The molecule has 0 spiro atoms. The number of carbonyl (C=O) groups is 1. The number of carbonyl (C=O) groups excluding carboxylic acids is 1. The molecular formula is C13H20N2O2S. The van der Waals surface area contributed by atoms with Gasteiger partial charge in [-0.25, -0.2) is 4.79 Å². The average Bonchev–Trinajstić information content (AvgIpc) is 2.87. The van der Waals surface area contributed by atoms with E-state index >= 15 is 0 Å². The van der Waals surface area contributed by atoms with Gasteiger partial charge in [0, 0.05) is 16.3 Å². The molecule has 0 radical (unpaired) electrons. The van der Waals surface area contributed by atoms with Crippen molar-refractivity contribution in [3.8, 4) is 0 Å². The fourth-order valence-corrected chi connectivity index (χ4v) is 3.24. The predicted molar refractivity (Wildman–Crippen MR) is 74.0 cm³/mol. The quantitative estimate of drug-likeness (QED) is 0.789. The van der Waals surface area contributed by atoms with E-state index in [1.807, 2.05) is 26.0 Å². The normalized spacial score (nSPS) is 27.2. The largest absolute Gasteiger partial charge is 0.396 e. The molecule has 1 aromatic heterocycles. The van der Waals surface area contributed by atoms with Crippen molar-refractivity contribution in [1.29, 1.82) is 0 Å². The second-order valence-electron chi connectivity index (χ2n) is 5.27. The zero-order valence-corrected chi connectivity index (χ0v) is 11.6. The van der Waals surface area contributed by atoms with E-state index in [9.17, 15) is 9.90 Å². The van der Waals surface area contributed by atoms with E-state index in [0.717, 1.165) is 24.3 Å². The average molecular weight is 268 g/mol. The van der Waals surface area contributed by atoms with Crippen molar-refractivity contribution >= 4 is 22.4 Å². The first-order chi connectivity index (χ1) is 8.53. The molecule has 5 heteroatoms. The minimum Gasteiger partial charge on any atom is -0.396 e. The molecule has 18 heavy (non-hydrogen) atoms. The molecule has 0 bridgehead atoms. The zero-order valence-electron chi connectivity index (χ0n) is 10.8. The maximum atomic E-state index is 11.9. The molecule has 1 aromatic rings. The number of aliphatic hydroxyl groups excluding tert-OH is 1. The Labute approximate surface area is 111 Å². The molecule has 2 rings (SSSR count). The van der Waals surface area contributed by atoms with Crippen molar-refractivity contribution in [2.75, 3.05) is 11.9 Å². The summed E-state index contributed by atoms with van der Waals surface area (Å²) in [7, 11) is 0. The second-order valence-corrected chi connectivity index (χ2v) is 6.55. The van der Waals surface area contributed by atoms with Gasteiger partial charge in [0.2, 0.25) is 0 Å². The van der Waals surface area contributed by atoms with Crippen molar-refractivity contribution in [2.24, 2.45) is 5.41 Å². The smallest absolute Gasteiger partial charge is 0.320 e. The molecule has 1 heterocycles. The second kappa shape index (κ2) is 5.28. The number of amides is 2. The third kappa shape index (κ3) is 2.84. The first-order valence-corrected chi connectivity index (χ1v) is 7.10. The maximum absolute atomic E-state index is 11.9. The first-order valence-electron chi connectivity index (χ1n) is 6.28. The lowest BCUT2D eigenvalue weighted by atomic mass is 9.86. The number of anilines is 1. The molecule has 2 amide bonds. The van der Waals surface area contributed by atoms with E-state index in [2.05, 4.69) is 10.6 Å². The zero-order chi connectivity index (χ0) is 13.2. The van der Waals surface area contributed by atoms with Gasteiger partial charge in [-0.15, -0.1) is 11.3 Å². The lowest BCUT2D eigenvalue weighted by molar-refractivity contribution is 0.122. The van der Waals surface area contributed by atoms with Crippen LogP contribution in [0.25, 0.3) is 0 Å². The van der Waals surface area contributed by atoms with Crippen molar-refractivity contribution in [2.45, 2.75) is 39.2 Å². The summed E-state index contributed by atoms with van der Waals surface area (Å²) in [6, 6.07) is 3.76. The molecule has 1 aliphatic carbocycles. The number of rotatable bonds is 3. The van der Waals surface area contributed by atoms with Gasteiger partial charge in [0.15, 0.2) is 0 Å². The van der Waals surface area contributed by atoms with Crippen LogP contribution in [0.4, 0.5) is 9.80 Å². The summed E-state index contributed by atoms with van der Waals surface area (Å²) in [4.78, 5) is 13.1. The minimum atomic E-state index is -0.178. The topological polar surface area (TPSA) is 61.4 Å². The van der Waals surface area contributed by atoms with Gasteiger partial charge in [-0.1, -0.05) is 13.3 Å². The van der Waals surface area contributed by atoms with Crippen molar-refractivity contribution in [3.05, 3.63) is 17.0 Å². The van der Waals surface area contributed by atoms with E-state index in [4.69, 9.17) is 0 Å². The van der Waals surface area contributed by atoms with Gasteiger partial charge in [-0.2, -0.15) is 0 Å². The van der Waals surface area contributed by atoms with Gasteiger partial charge in [0.1, 0.15) is 0 Å². The first kappa shape index (κ1) is 13.4. The molecule has 1 saturated carbocycles. The number of hydrogen-bond acceptors (Lipinski definition) is 3. The van der Waals surface area contributed by atoms with Gasteiger partial charge in [0.05, 0.1) is 11.6 Å². The molecule has 1 fully saturated rings. The number of aryl methyl sites for hydroxylation is 1. The number of urea groups is 1. The monoisotopic (exact) mass is 268 g/mol. The summed E-state index contributed by atoms with van der Waals surface area (Å²) < 4.78 is 0. The van der Waals surface area contributed by atoms with Gasteiger partial charge in [0.25, 0.3) is 0 Å². The molecule has 3 N–H and O–H groups in total. The summed E-state index contributed by atoms with van der Waals surface area (Å²) in [5.74, 6) is 0. The Balaban J connectivity index is 1.91. The van der Waals surface area contributed by atoms with Crippen LogP contribution in [0.5, 0.6) is 0 Å². The summed E-state index contributed by atoms with van der Waals surface area (Å²) in [6.45, 7) is 4.16. The highest BCUT2D eigenvalue weighted by atomic mass is 32.1. The Morgan fingerprint density at radius 2 is 2.39 bits per heavy atom. The van der Waals surface area contributed by atoms with Gasteiger partial charge in [-0.3, -0.25) is 5.32 Å². The third-order valence-corrected chi connectivity index (χ3v) is 4.64. The molecule has 4 nitrogen and oxygen atoms in total. The summed E-state index contributed by atoms with van der Waals surface area (Å²) in [6.07, 6.45) is 2.96. The van der Waals surface area contributed by atoms with Crippen LogP contribution < -0.4 is 10.6 Å². The van der Waals surface area contributed by atoms with Crippen LogP contribution in [0.15, 0.2) is 12.1 Å². The fourth-order valence-electron chi connectivity index (χ4n) is 2.48. The molecule has 2 atom stereocenters. The molecule has 1 aliphatic rings. The van der Waals surface area contributed by atoms with Crippen LogP contribution >= 0.6 is 11.3 Å². The van der Waals surface area contributed by atoms with E-state index in [-0.39, 0.29) is 24.1 Å². The fraction of sp³-hybridized carbons (Fsp3) is 0.615. The highest BCUT2D eigenvalue weighted by Crippen LogP contribution is 2.37. The highest BCUT2D eigenvalue weighted by Gasteiger charge is 2.39. The Morgan fingerprint density at radius 1 is 1.61 bits per heavy atom. The predicted octanol–water partition coefficient (Wildman–Crippen LogP) is 2.73. The van der Waals surface area contributed by atoms with Crippen LogP contribution in [0.2, 0.25) is 0 Å². The van der Waals surface area contributed by atoms with Crippen LogP contribution in [-0.4, -0.2) is 23.8 Å². The van der Waals surface area contributed by atoms with Gasteiger partial charge < -0.3 is 10.4 Å². The molecule has 0 aliphatic heterocycles. The lowest BCUT2D eigenvalue weighted by Crippen LogP contribution is -2.46. The minimum absolute atomic E-state index is 0.0589. The summed E-state index contributed by atoms with van der Waals surface area (Å²) >= 11 is 1.56. The summed E-state index contributed by atoms with van der Waals surface area (Å²) in [5.41, 5.74) is -0.178. The van der Waals surface area contributed by atoms with E-state index < -0.39 is 0 Å². The Bertz CT molecular complexity index is 432. The van der Waals surface area contributed by atoms with Gasteiger partial charge in [-0.05, 0) is 31.9 Å². The van der Waals surface area contributed by atoms with Crippen LogP contribution in [-0.2, 0) is 0 Å². The number of nitrogens with one attached hydrogen (secondary N) is 2. The van der Waals surface area contributed by atoms with Crippen molar-refractivity contribution < 1.29 is 9.90 Å². The van der Waals surface area contributed by atoms with Crippen LogP contribution in [0, 0.1) is 12.3 Å².